The van der Waals surface area contributed by atoms with Crippen LogP contribution >= 0.6 is 0 Å². The highest BCUT2D eigenvalue weighted by Gasteiger charge is 2.30. The van der Waals surface area contributed by atoms with E-state index < -0.39 is 0 Å². The molecule has 1 heterocycles. The number of hydrogen-bond acceptors (Lipinski definition) is 3. The summed E-state index contributed by atoms with van der Waals surface area (Å²) < 4.78 is 12.9. The van der Waals surface area contributed by atoms with Gasteiger partial charge in [0.2, 0.25) is 5.91 Å². The zero-order valence-electron chi connectivity index (χ0n) is 11.6. The summed E-state index contributed by atoms with van der Waals surface area (Å²) in [6, 6.07) is 6.40. The van der Waals surface area contributed by atoms with Crippen molar-refractivity contribution in [3.05, 3.63) is 35.6 Å². The van der Waals surface area contributed by atoms with Crippen LogP contribution in [0.1, 0.15) is 24.8 Å². The molecule has 1 aromatic rings. The first-order valence-electron chi connectivity index (χ1n) is 7.17. The summed E-state index contributed by atoms with van der Waals surface area (Å²) >= 11 is 0. The van der Waals surface area contributed by atoms with Gasteiger partial charge < -0.3 is 11.1 Å². The van der Waals surface area contributed by atoms with E-state index in [1.807, 2.05) is 0 Å². The number of nitrogens with two attached hydrogens (primary N) is 1. The van der Waals surface area contributed by atoms with Crippen molar-refractivity contribution in [2.24, 2.45) is 5.73 Å². The molecule has 2 rings (SSSR count). The molecule has 0 aromatic heterocycles. The highest BCUT2D eigenvalue weighted by Crippen LogP contribution is 2.20. The lowest BCUT2D eigenvalue weighted by atomic mass is 10.1. The summed E-state index contributed by atoms with van der Waals surface area (Å²) in [7, 11) is 0. The number of carbonyl (C=O) groups is 1. The van der Waals surface area contributed by atoms with Crippen LogP contribution in [0, 0.1) is 5.82 Å². The van der Waals surface area contributed by atoms with Gasteiger partial charge in [-0.15, -0.1) is 0 Å². The lowest BCUT2D eigenvalue weighted by Crippen LogP contribution is -2.43. The largest absolute Gasteiger partial charge is 0.355 e. The maximum Gasteiger partial charge on any atom is 0.237 e. The van der Waals surface area contributed by atoms with Gasteiger partial charge in [0.15, 0.2) is 0 Å². The van der Waals surface area contributed by atoms with Crippen molar-refractivity contribution in [1.29, 1.82) is 0 Å². The molecule has 20 heavy (non-hydrogen) atoms. The quantitative estimate of drug-likeness (QED) is 0.771. The topological polar surface area (TPSA) is 58.4 Å². The minimum absolute atomic E-state index is 0.0715. The van der Waals surface area contributed by atoms with Crippen LogP contribution in [0.5, 0.6) is 0 Å². The van der Waals surface area contributed by atoms with E-state index in [0.29, 0.717) is 19.6 Å². The maximum absolute atomic E-state index is 12.9. The van der Waals surface area contributed by atoms with Gasteiger partial charge in [0.25, 0.3) is 0 Å². The van der Waals surface area contributed by atoms with Crippen molar-refractivity contribution in [3.8, 4) is 0 Å². The Morgan fingerprint density at radius 2 is 2.15 bits per heavy atom. The Bertz CT molecular complexity index is 435. The molecule has 1 saturated heterocycles. The summed E-state index contributed by atoms with van der Waals surface area (Å²) in [5, 5.41) is 2.93. The third-order valence-electron chi connectivity index (χ3n) is 3.65. The second-order valence-electron chi connectivity index (χ2n) is 5.19. The second kappa shape index (κ2) is 7.36. The highest BCUT2D eigenvalue weighted by atomic mass is 19.1. The normalized spacial score (nSPS) is 19.2. The molecule has 0 radical (unpaired) electrons. The van der Waals surface area contributed by atoms with E-state index in [2.05, 4.69) is 10.2 Å². The van der Waals surface area contributed by atoms with Crippen LogP contribution < -0.4 is 11.1 Å². The van der Waals surface area contributed by atoms with E-state index in [9.17, 15) is 9.18 Å². The summed E-state index contributed by atoms with van der Waals surface area (Å²) in [5.74, 6) is -0.149. The number of amides is 1. The zero-order chi connectivity index (χ0) is 14.4. The van der Waals surface area contributed by atoms with Crippen LogP contribution in [0.4, 0.5) is 4.39 Å². The summed E-state index contributed by atoms with van der Waals surface area (Å²) in [6.45, 7) is 2.82. The molecule has 0 bridgehead atoms. The Morgan fingerprint density at radius 3 is 2.85 bits per heavy atom. The van der Waals surface area contributed by atoms with Gasteiger partial charge in [-0.3, -0.25) is 9.69 Å². The molecule has 1 atom stereocenters. The number of nitrogens with one attached hydrogen (secondary N) is 1. The number of benzene rings is 1. The minimum atomic E-state index is -0.230. The number of carbonyl (C=O) groups excluding carboxylic acids is 1. The lowest BCUT2D eigenvalue weighted by Gasteiger charge is -2.23. The predicted octanol–water partition coefficient (Wildman–Crippen LogP) is 1.26. The van der Waals surface area contributed by atoms with Gasteiger partial charge >= 0.3 is 0 Å². The average Bonchev–Trinajstić information content (AvgIpc) is 2.90. The molecule has 1 aliphatic rings. The van der Waals surface area contributed by atoms with E-state index in [4.69, 9.17) is 5.73 Å². The van der Waals surface area contributed by atoms with Crippen LogP contribution in [-0.4, -0.2) is 36.5 Å². The smallest absolute Gasteiger partial charge is 0.237 e. The number of hydrogen-bond donors (Lipinski definition) is 2. The molecule has 1 aromatic carbocycles. The van der Waals surface area contributed by atoms with Gasteiger partial charge in [-0.1, -0.05) is 12.1 Å². The standard InChI is InChI=1S/C15H22FN3O/c16-13-6-4-12(5-7-13)11-19-10-1-3-14(19)15(20)18-9-2-8-17/h4-7,14H,1-3,8-11,17H2,(H,18,20). The molecule has 1 aliphatic heterocycles. The van der Waals surface area contributed by atoms with Gasteiger partial charge in [-0.05, 0) is 50.0 Å². The second-order valence-corrected chi connectivity index (χ2v) is 5.19. The molecule has 0 saturated carbocycles. The van der Waals surface area contributed by atoms with Crippen LogP contribution in [0.2, 0.25) is 0 Å². The van der Waals surface area contributed by atoms with Gasteiger partial charge in [-0.2, -0.15) is 0 Å². The Labute approximate surface area is 119 Å². The summed E-state index contributed by atoms with van der Waals surface area (Å²) in [4.78, 5) is 14.3. The number of nitrogens with zero attached hydrogens (tertiary/aromatic N) is 1. The Kier molecular flexibility index (Phi) is 5.49. The molecule has 1 fully saturated rings. The third kappa shape index (κ3) is 4.02. The average molecular weight is 279 g/mol. The van der Waals surface area contributed by atoms with Crippen LogP contribution in [0.25, 0.3) is 0 Å². The third-order valence-corrected chi connectivity index (χ3v) is 3.65. The molecule has 3 N–H and O–H groups in total. The van der Waals surface area contributed by atoms with Crippen LogP contribution in [-0.2, 0) is 11.3 Å². The molecule has 0 spiro atoms. The number of rotatable bonds is 6. The Balaban J connectivity index is 1.89. The molecule has 110 valence electrons. The maximum atomic E-state index is 12.9. The molecule has 1 amide bonds. The Hall–Kier alpha value is -1.46. The van der Waals surface area contributed by atoms with Crippen molar-refractivity contribution in [3.63, 3.8) is 0 Å². The fraction of sp³-hybridized carbons (Fsp3) is 0.533. The molecular formula is C15H22FN3O. The zero-order valence-corrected chi connectivity index (χ0v) is 11.6. The first-order chi connectivity index (χ1) is 9.70. The predicted molar refractivity (Wildman–Crippen MR) is 76.5 cm³/mol. The monoisotopic (exact) mass is 279 g/mol. The SMILES string of the molecule is NCCCNC(=O)C1CCCN1Cc1ccc(F)cc1. The van der Waals surface area contributed by atoms with Gasteiger partial charge in [0, 0.05) is 13.1 Å². The molecule has 0 aliphatic carbocycles. The van der Waals surface area contributed by atoms with E-state index >= 15 is 0 Å². The molecule has 5 heteroatoms. The van der Waals surface area contributed by atoms with E-state index in [0.717, 1.165) is 31.4 Å². The fourth-order valence-corrected chi connectivity index (χ4v) is 2.57. The molecule has 4 nitrogen and oxygen atoms in total. The number of halogens is 1. The Morgan fingerprint density at radius 1 is 1.40 bits per heavy atom. The minimum Gasteiger partial charge on any atom is -0.355 e. The van der Waals surface area contributed by atoms with E-state index in [-0.39, 0.29) is 17.8 Å². The fourth-order valence-electron chi connectivity index (χ4n) is 2.57. The van der Waals surface area contributed by atoms with Gasteiger partial charge in [0.1, 0.15) is 5.82 Å². The van der Waals surface area contributed by atoms with Crippen LogP contribution in [0.3, 0.4) is 0 Å². The summed E-state index contributed by atoms with van der Waals surface area (Å²) in [6.07, 6.45) is 2.71. The van der Waals surface area contributed by atoms with Gasteiger partial charge in [0.05, 0.1) is 6.04 Å². The number of likely N-dealkylation sites (tertiary alicyclic amines) is 1. The van der Waals surface area contributed by atoms with Crippen molar-refractivity contribution in [1.82, 2.24) is 10.2 Å². The molecule has 1 unspecified atom stereocenters. The van der Waals surface area contributed by atoms with Crippen LogP contribution in [0.15, 0.2) is 24.3 Å². The highest BCUT2D eigenvalue weighted by molar-refractivity contribution is 5.82. The van der Waals surface area contributed by atoms with Crippen molar-refractivity contribution in [2.45, 2.75) is 31.8 Å². The van der Waals surface area contributed by atoms with E-state index in [1.54, 1.807) is 12.1 Å². The summed E-state index contributed by atoms with van der Waals surface area (Å²) in [5.41, 5.74) is 6.45. The van der Waals surface area contributed by atoms with Crippen molar-refractivity contribution in [2.75, 3.05) is 19.6 Å². The first-order valence-corrected chi connectivity index (χ1v) is 7.17. The van der Waals surface area contributed by atoms with Crippen molar-refractivity contribution < 1.29 is 9.18 Å². The van der Waals surface area contributed by atoms with Gasteiger partial charge in [-0.25, -0.2) is 4.39 Å². The molecular weight excluding hydrogens is 257 g/mol. The lowest BCUT2D eigenvalue weighted by molar-refractivity contribution is -0.125. The van der Waals surface area contributed by atoms with Crippen molar-refractivity contribution >= 4 is 5.91 Å². The van der Waals surface area contributed by atoms with E-state index in [1.165, 1.54) is 12.1 Å². The first kappa shape index (κ1) is 14.9.